The molecule has 0 saturated carbocycles. The number of hydrogen-bond donors (Lipinski definition) is 0. The summed E-state index contributed by atoms with van der Waals surface area (Å²) in [5.74, 6) is -0.895. The van der Waals surface area contributed by atoms with E-state index < -0.39 is 17.5 Å². The maximum atomic E-state index is 12.3. The Bertz CT molecular complexity index is 1030. The van der Waals surface area contributed by atoms with Gasteiger partial charge in [-0.2, -0.15) is 0 Å². The smallest absolute Gasteiger partial charge is 0.340 e. The van der Waals surface area contributed by atoms with Crippen LogP contribution in [0.4, 0.5) is 0 Å². The maximum Gasteiger partial charge on any atom is 0.340 e. The van der Waals surface area contributed by atoms with Crippen molar-refractivity contribution >= 4 is 34.6 Å². The summed E-state index contributed by atoms with van der Waals surface area (Å²) in [4.78, 5) is 28.2. The van der Waals surface area contributed by atoms with Crippen LogP contribution in [0.3, 0.4) is 0 Å². The fourth-order valence-corrected chi connectivity index (χ4v) is 2.87. The quantitative estimate of drug-likeness (QED) is 0.623. The summed E-state index contributed by atoms with van der Waals surface area (Å²) in [6.07, 6.45) is 1.63. The number of imidazole rings is 1. The van der Waals surface area contributed by atoms with Crippen LogP contribution in [0.2, 0.25) is 5.02 Å². The van der Waals surface area contributed by atoms with Gasteiger partial charge in [0.2, 0.25) is 0 Å². The summed E-state index contributed by atoms with van der Waals surface area (Å²) in [6, 6.07) is 10.2. The van der Waals surface area contributed by atoms with Gasteiger partial charge in [-0.15, -0.1) is 0 Å². The van der Waals surface area contributed by atoms with Crippen molar-refractivity contribution in [2.24, 2.45) is 0 Å². The Labute approximate surface area is 161 Å². The lowest BCUT2D eigenvalue weighted by Crippen LogP contribution is -2.24. The van der Waals surface area contributed by atoms with Gasteiger partial charge in [0.15, 0.2) is 0 Å². The van der Waals surface area contributed by atoms with Gasteiger partial charge in [-0.25, -0.2) is 14.6 Å². The Balaban J connectivity index is 1.96. The van der Waals surface area contributed by atoms with E-state index in [4.69, 9.17) is 21.1 Å². The molecule has 0 fully saturated rings. The van der Waals surface area contributed by atoms with Gasteiger partial charge in [-0.05, 0) is 57.2 Å². The number of carbonyl (C=O) groups is 2. The predicted molar refractivity (Wildman–Crippen MR) is 103 cm³/mol. The van der Waals surface area contributed by atoms with Crippen LogP contribution >= 0.6 is 11.6 Å². The highest BCUT2D eigenvalue weighted by molar-refractivity contribution is 6.33. The summed E-state index contributed by atoms with van der Waals surface area (Å²) in [5, 5.41) is 0.287. The van der Waals surface area contributed by atoms with Crippen molar-refractivity contribution in [3.8, 4) is 5.69 Å². The second-order valence-corrected chi connectivity index (χ2v) is 7.38. The zero-order valence-electron chi connectivity index (χ0n) is 15.4. The average Bonchev–Trinajstić information content (AvgIpc) is 3.02. The molecule has 0 aliphatic heterocycles. The Hall–Kier alpha value is -2.86. The fraction of sp³-hybridized carbons (Fsp3) is 0.250. The van der Waals surface area contributed by atoms with Gasteiger partial charge in [-0.1, -0.05) is 11.6 Å². The van der Waals surface area contributed by atoms with Gasteiger partial charge in [0.1, 0.15) is 11.9 Å². The van der Waals surface area contributed by atoms with E-state index in [0.717, 1.165) is 11.2 Å². The lowest BCUT2D eigenvalue weighted by molar-refractivity contribution is 0.00696. The molecule has 1 heterocycles. The normalized spacial score (nSPS) is 11.4. The molecule has 2 aromatic carbocycles. The van der Waals surface area contributed by atoms with Crippen molar-refractivity contribution in [3.05, 3.63) is 58.9 Å². The number of ether oxygens (including phenoxy) is 2. The molecule has 0 spiro atoms. The Kier molecular flexibility index (Phi) is 4.93. The summed E-state index contributed by atoms with van der Waals surface area (Å²) >= 11 is 6.31. The number of methoxy groups -OCH3 is 1. The molecular formula is C20H19ClN2O4. The number of halogens is 1. The Morgan fingerprint density at radius 1 is 1.07 bits per heavy atom. The third-order valence-corrected chi connectivity index (χ3v) is 4.13. The molecule has 0 aliphatic rings. The van der Waals surface area contributed by atoms with Crippen LogP contribution in [-0.2, 0) is 9.47 Å². The molecule has 1 aromatic heterocycles. The van der Waals surface area contributed by atoms with Crippen molar-refractivity contribution in [2.75, 3.05) is 7.11 Å². The lowest BCUT2D eigenvalue weighted by Gasteiger charge is -2.20. The van der Waals surface area contributed by atoms with Crippen LogP contribution in [0.1, 0.15) is 41.5 Å². The number of aromatic nitrogens is 2. The molecule has 3 rings (SSSR count). The van der Waals surface area contributed by atoms with Crippen molar-refractivity contribution < 1.29 is 19.1 Å². The summed E-state index contributed by atoms with van der Waals surface area (Å²) < 4.78 is 11.9. The first-order valence-electron chi connectivity index (χ1n) is 8.28. The van der Waals surface area contributed by atoms with E-state index in [1.54, 1.807) is 63.5 Å². The topological polar surface area (TPSA) is 70.4 Å². The molecule has 3 aromatic rings. The van der Waals surface area contributed by atoms with E-state index in [1.165, 1.54) is 7.11 Å². The molecule has 7 heteroatoms. The highest BCUT2D eigenvalue weighted by atomic mass is 35.5. The SMILES string of the molecule is COC(=O)c1ccc2c(c1)ncn2-c1ccc(C(=O)OC(C)(C)C)c(Cl)c1. The number of nitrogens with zero attached hydrogens (tertiary/aromatic N) is 2. The number of fused-ring (bicyclic) bond motifs is 1. The van der Waals surface area contributed by atoms with Gasteiger partial charge in [0.25, 0.3) is 0 Å². The third kappa shape index (κ3) is 3.95. The maximum absolute atomic E-state index is 12.3. The lowest BCUT2D eigenvalue weighted by atomic mass is 10.1. The number of rotatable bonds is 3. The number of esters is 2. The largest absolute Gasteiger partial charge is 0.465 e. The highest BCUT2D eigenvalue weighted by Gasteiger charge is 2.20. The molecular weight excluding hydrogens is 368 g/mol. The fourth-order valence-electron chi connectivity index (χ4n) is 2.62. The molecule has 27 heavy (non-hydrogen) atoms. The molecule has 0 radical (unpaired) electrons. The van der Waals surface area contributed by atoms with Crippen LogP contribution in [0.15, 0.2) is 42.7 Å². The first kappa shape index (κ1) is 18.9. The van der Waals surface area contributed by atoms with E-state index in [0.29, 0.717) is 16.6 Å². The molecule has 0 aliphatic carbocycles. The Morgan fingerprint density at radius 2 is 1.81 bits per heavy atom. The van der Waals surface area contributed by atoms with Crippen molar-refractivity contribution in [2.45, 2.75) is 26.4 Å². The van der Waals surface area contributed by atoms with Crippen molar-refractivity contribution in [3.63, 3.8) is 0 Å². The molecule has 0 bridgehead atoms. The van der Waals surface area contributed by atoms with Crippen LogP contribution in [0.25, 0.3) is 16.7 Å². The van der Waals surface area contributed by atoms with Gasteiger partial charge in [0, 0.05) is 5.69 Å². The zero-order chi connectivity index (χ0) is 19.8. The molecule has 0 amide bonds. The molecule has 0 saturated heterocycles. The first-order valence-corrected chi connectivity index (χ1v) is 8.66. The number of benzene rings is 2. The van der Waals surface area contributed by atoms with Gasteiger partial charge in [0.05, 0.1) is 34.3 Å². The average molecular weight is 387 g/mol. The minimum Gasteiger partial charge on any atom is -0.465 e. The first-order chi connectivity index (χ1) is 12.7. The van der Waals surface area contributed by atoms with Gasteiger partial charge >= 0.3 is 11.9 Å². The third-order valence-electron chi connectivity index (χ3n) is 3.82. The zero-order valence-corrected chi connectivity index (χ0v) is 16.2. The number of hydrogen-bond acceptors (Lipinski definition) is 5. The second-order valence-electron chi connectivity index (χ2n) is 6.98. The van der Waals surface area contributed by atoms with E-state index in [1.807, 2.05) is 4.57 Å². The van der Waals surface area contributed by atoms with E-state index in [9.17, 15) is 9.59 Å². The highest BCUT2D eigenvalue weighted by Crippen LogP contribution is 2.26. The van der Waals surface area contributed by atoms with Crippen molar-refractivity contribution in [1.82, 2.24) is 9.55 Å². The number of carbonyl (C=O) groups excluding carboxylic acids is 2. The van der Waals surface area contributed by atoms with Gasteiger partial charge < -0.3 is 9.47 Å². The minimum atomic E-state index is -0.600. The van der Waals surface area contributed by atoms with Crippen LogP contribution < -0.4 is 0 Å². The van der Waals surface area contributed by atoms with Crippen LogP contribution in [-0.4, -0.2) is 34.2 Å². The van der Waals surface area contributed by atoms with Crippen LogP contribution in [0, 0.1) is 0 Å². The van der Waals surface area contributed by atoms with E-state index in [2.05, 4.69) is 4.98 Å². The second kappa shape index (κ2) is 7.04. The van der Waals surface area contributed by atoms with Gasteiger partial charge in [-0.3, -0.25) is 4.57 Å². The van der Waals surface area contributed by atoms with Crippen LogP contribution in [0.5, 0.6) is 0 Å². The molecule has 6 nitrogen and oxygen atoms in total. The molecule has 0 unspecified atom stereocenters. The molecule has 0 N–H and O–H groups in total. The van der Waals surface area contributed by atoms with E-state index >= 15 is 0 Å². The minimum absolute atomic E-state index is 0.287. The standard InChI is InChI=1S/C20H19ClN2O4/c1-20(2,3)27-19(25)14-7-6-13(10-15(14)21)23-11-22-16-9-12(18(24)26-4)5-8-17(16)23/h5-11H,1-4H3. The summed E-state index contributed by atoms with van der Waals surface area (Å²) in [7, 11) is 1.33. The summed E-state index contributed by atoms with van der Waals surface area (Å²) in [5.41, 5.74) is 2.30. The van der Waals surface area contributed by atoms with E-state index in [-0.39, 0.29) is 5.02 Å². The van der Waals surface area contributed by atoms with Crippen molar-refractivity contribution in [1.29, 1.82) is 0 Å². The predicted octanol–water partition coefficient (Wildman–Crippen LogP) is 4.42. The molecule has 140 valence electrons. The Morgan fingerprint density at radius 3 is 2.44 bits per heavy atom. The monoisotopic (exact) mass is 386 g/mol. The molecule has 0 atom stereocenters. The summed E-state index contributed by atoms with van der Waals surface area (Å²) in [6.45, 7) is 5.40.